The maximum Gasteiger partial charge on any atom is 0.0700 e. The van der Waals surface area contributed by atoms with Crippen LogP contribution in [0, 0.1) is 0 Å². The Kier molecular flexibility index (Phi) is 2.81. The van der Waals surface area contributed by atoms with E-state index >= 15 is 0 Å². The number of allylic oxidation sites excluding steroid dienone is 1. The van der Waals surface area contributed by atoms with Crippen LogP contribution in [0.15, 0.2) is 12.3 Å². The third-order valence-electron chi connectivity index (χ3n) is 4.63. The van der Waals surface area contributed by atoms with Gasteiger partial charge in [0.15, 0.2) is 0 Å². The van der Waals surface area contributed by atoms with Gasteiger partial charge in [-0.3, -0.25) is 4.68 Å². The van der Waals surface area contributed by atoms with Crippen LogP contribution in [0.5, 0.6) is 0 Å². The molecule has 0 radical (unpaired) electrons. The van der Waals surface area contributed by atoms with Crippen LogP contribution in [0.1, 0.15) is 50.4 Å². The van der Waals surface area contributed by atoms with Gasteiger partial charge in [-0.15, -0.1) is 0 Å². The topological polar surface area (TPSA) is 21.1 Å². The molecule has 3 heteroatoms. The van der Waals surface area contributed by atoms with Crippen LogP contribution in [0.2, 0.25) is 0 Å². The van der Waals surface area contributed by atoms with Crippen LogP contribution in [-0.2, 0) is 6.42 Å². The van der Waals surface area contributed by atoms with Gasteiger partial charge < -0.3 is 4.90 Å². The third kappa shape index (κ3) is 2.01. The van der Waals surface area contributed by atoms with Crippen molar-refractivity contribution in [1.29, 1.82) is 0 Å². The van der Waals surface area contributed by atoms with Gasteiger partial charge in [-0.2, -0.15) is 5.10 Å². The summed E-state index contributed by atoms with van der Waals surface area (Å²) in [4.78, 5) is 2.47. The highest BCUT2D eigenvalue weighted by molar-refractivity contribution is 5.53. The maximum atomic E-state index is 4.81. The molecule has 0 amide bonds. The van der Waals surface area contributed by atoms with Crippen molar-refractivity contribution in [2.24, 2.45) is 0 Å². The lowest BCUT2D eigenvalue weighted by Gasteiger charge is -2.43. The number of piperidine rings is 1. The Morgan fingerprint density at radius 2 is 2.22 bits per heavy atom. The van der Waals surface area contributed by atoms with Gasteiger partial charge in [0.1, 0.15) is 0 Å². The lowest BCUT2D eigenvalue weighted by Crippen LogP contribution is -2.47. The van der Waals surface area contributed by atoms with Gasteiger partial charge in [-0.1, -0.05) is 12.2 Å². The molecule has 1 fully saturated rings. The quantitative estimate of drug-likeness (QED) is 0.758. The molecule has 18 heavy (non-hydrogen) atoms. The van der Waals surface area contributed by atoms with Crippen molar-refractivity contribution in [3.05, 3.63) is 23.5 Å². The van der Waals surface area contributed by atoms with Gasteiger partial charge in [-0.25, -0.2) is 0 Å². The van der Waals surface area contributed by atoms with Gasteiger partial charge in [-0.05, 0) is 46.6 Å². The van der Waals surface area contributed by atoms with Crippen molar-refractivity contribution >= 4 is 6.08 Å². The molecule has 1 aromatic rings. The van der Waals surface area contributed by atoms with E-state index in [0.717, 1.165) is 19.4 Å². The first-order valence-electron chi connectivity index (χ1n) is 7.02. The van der Waals surface area contributed by atoms with E-state index < -0.39 is 0 Å². The summed E-state index contributed by atoms with van der Waals surface area (Å²) >= 11 is 0. The van der Waals surface area contributed by atoms with E-state index in [4.69, 9.17) is 5.10 Å². The normalized spacial score (nSPS) is 27.2. The van der Waals surface area contributed by atoms with E-state index in [1.807, 2.05) is 0 Å². The lowest BCUT2D eigenvalue weighted by atomic mass is 9.87. The number of likely N-dealkylation sites (tertiary alicyclic amines) is 1. The zero-order chi connectivity index (χ0) is 12.8. The molecule has 1 aromatic heterocycles. The summed E-state index contributed by atoms with van der Waals surface area (Å²) in [5.74, 6) is 0. The summed E-state index contributed by atoms with van der Waals surface area (Å²) in [6.45, 7) is 5.84. The Labute approximate surface area is 109 Å². The summed E-state index contributed by atoms with van der Waals surface area (Å²) in [7, 11) is 2.23. The predicted molar refractivity (Wildman–Crippen MR) is 74.6 cm³/mol. The minimum atomic E-state index is 0.283. The lowest BCUT2D eigenvalue weighted by molar-refractivity contribution is 0.0717. The first-order chi connectivity index (χ1) is 8.56. The molecule has 1 atom stereocenters. The second kappa shape index (κ2) is 4.23. The summed E-state index contributed by atoms with van der Waals surface area (Å²) in [6, 6.07) is 0.565. The van der Waals surface area contributed by atoms with Crippen molar-refractivity contribution < 1.29 is 0 Å². The molecule has 1 aliphatic carbocycles. The Morgan fingerprint density at radius 1 is 1.39 bits per heavy atom. The zero-order valence-corrected chi connectivity index (χ0v) is 11.7. The van der Waals surface area contributed by atoms with Gasteiger partial charge in [0.25, 0.3) is 0 Å². The number of fused-ring (bicyclic) bond motifs is 1. The Morgan fingerprint density at radius 3 is 2.94 bits per heavy atom. The first kappa shape index (κ1) is 12.0. The molecule has 98 valence electrons. The van der Waals surface area contributed by atoms with Crippen LogP contribution in [-0.4, -0.2) is 33.8 Å². The van der Waals surface area contributed by atoms with E-state index in [0.29, 0.717) is 6.04 Å². The average molecular weight is 245 g/mol. The van der Waals surface area contributed by atoms with E-state index in [2.05, 4.69) is 48.8 Å². The van der Waals surface area contributed by atoms with Crippen LogP contribution in [0.3, 0.4) is 0 Å². The summed E-state index contributed by atoms with van der Waals surface area (Å²) in [6.07, 6.45) is 11.4. The minimum Gasteiger partial charge on any atom is -0.301 e. The Hall–Kier alpha value is -1.09. The molecule has 0 bridgehead atoms. The molecule has 1 saturated heterocycles. The monoisotopic (exact) mass is 245 g/mol. The second-order valence-electron chi connectivity index (χ2n) is 6.33. The number of nitrogens with zero attached hydrogens (tertiary/aromatic N) is 3. The van der Waals surface area contributed by atoms with Crippen molar-refractivity contribution in [2.75, 3.05) is 13.6 Å². The smallest absolute Gasteiger partial charge is 0.0700 e. The average Bonchev–Trinajstić information content (AvgIpc) is 2.76. The van der Waals surface area contributed by atoms with Crippen LogP contribution < -0.4 is 0 Å². The van der Waals surface area contributed by atoms with E-state index in [-0.39, 0.29) is 5.54 Å². The fraction of sp³-hybridized carbons (Fsp3) is 0.667. The van der Waals surface area contributed by atoms with Gasteiger partial charge in [0, 0.05) is 23.8 Å². The van der Waals surface area contributed by atoms with Crippen LogP contribution in [0.25, 0.3) is 6.08 Å². The SMILES string of the molecule is CN1CCC(n2cc3c(n2)CCC=C3)CC1(C)C. The molecule has 0 N–H and O–H groups in total. The molecule has 0 spiro atoms. The van der Waals surface area contributed by atoms with Crippen molar-refractivity contribution in [1.82, 2.24) is 14.7 Å². The van der Waals surface area contributed by atoms with Crippen LogP contribution >= 0.6 is 0 Å². The molecule has 1 aliphatic heterocycles. The highest BCUT2D eigenvalue weighted by Gasteiger charge is 2.33. The van der Waals surface area contributed by atoms with E-state index in [1.54, 1.807) is 0 Å². The zero-order valence-electron chi connectivity index (χ0n) is 11.7. The van der Waals surface area contributed by atoms with Gasteiger partial charge >= 0.3 is 0 Å². The second-order valence-corrected chi connectivity index (χ2v) is 6.33. The van der Waals surface area contributed by atoms with E-state index in [1.165, 1.54) is 24.1 Å². The Balaban J connectivity index is 1.83. The number of hydrogen-bond acceptors (Lipinski definition) is 2. The third-order valence-corrected chi connectivity index (χ3v) is 4.63. The highest BCUT2D eigenvalue weighted by Crippen LogP contribution is 2.33. The number of rotatable bonds is 1. The number of aryl methyl sites for hydroxylation is 1. The molecular weight excluding hydrogens is 222 g/mol. The molecule has 2 aliphatic rings. The molecule has 3 nitrogen and oxygen atoms in total. The molecule has 0 aromatic carbocycles. The molecule has 1 unspecified atom stereocenters. The molecule has 2 heterocycles. The maximum absolute atomic E-state index is 4.81. The number of hydrogen-bond donors (Lipinski definition) is 0. The molecule has 3 rings (SSSR count). The first-order valence-corrected chi connectivity index (χ1v) is 7.02. The fourth-order valence-electron chi connectivity index (χ4n) is 3.10. The minimum absolute atomic E-state index is 0.283. The van der Waals surface area contributed by atoms with Gasteiger partial charge in [0.2, 0.25) is 0 Å². The molecular formula is C15H23N3. The number of aromatic nitrogens is 2. The summed E-state index contributed by atoms with van der Waals surface area (Å²) in [5, 5.41) is 4.81. The van der Waals surface area contributed by atoms with E-state index in [9.17, 15) is 0 Å². The summed E-state index contributed by atoms with van der Waals surface area (Å²) < 4.78 is 2.23. The summed E-state index contributed by atoms with van der Waals surface area (Å²) in [5.41, 5.74) is 2.90. The van der Waals surface area contributed by atoms with Crippen LogP contribution in [0.4, 0.5) is 0 Å². The van der Waals surface area contributed by atoms with Crippen molar-refractivity contribution in [3.63, 3.8) is 0 Å². The fourth-order valence-corrected chi connectivity index (χ4v) is 3.10. The predicted octanol–water partition coefficient (Wildman–Crippen LogP) is 2.89. The van der Waals surface area contributed by atoms with Crippen molar-refractivity contribution in [2.45, 2.75) is 51.1 Å². The largest absolute Gasteiger partial charge is 0.301 e. The Bertz CT molecular complexity index is 470. The molecule has 0 saturated carbocycles. The van der Waals surface area contributed by atoms with Crippen molar-refractivity contribution in [3.8, 4) is 0 Å². The van der Waals surface area contributed by atoms with Gasteiger partial charge in [0.05, 0.1) is 11.7 Å². The highest BCUT2D eigenvalue weighted by atomic mass is 15.3. The standard InChI is InChI=1S/C15H23N3/c1-15(2)10-13(8-9-17(15)3)18-11-12-6-4-5-7-14(12)16-18/h4,6,11,13H,5,7-10H2,1-3H3.